The molecule has 0 saturated carbocycles. The number of hydrogen-bond donors (Lipinski definition) is 2. The number of piperidine rings is 1. The third-order valence-electron chi connectivity index (χ3n) is 4.10. The van der Waals surface area contributed by atoms with Crippen LogP contribution >= 0.6 is 0 Å². The van der Waals surface area contributed by atoms with Crippen LogP contribution in [-0.4, -0.2) is 75.0 Å². The lowest BCUT2D eigenvalue weighted by Gasteiger charge is -2.30. The maximum Gasteiger partial charge on any atom is 0.243 e. The van der Waals surface area contributed by atoms with Gasteiger partial charge in [0.15, 0.2) is 5.96 Å². The number of hydrogen-bond acceptors (Lipinski definition) is 3. The molecule has 0 unspecified atom stereocenters. The topological polar surface area (TPSA) is 60.0 Å². The highest BCUT2D eigenvalue weighted by molar-refractivity contribution is 5.84. The van der Waals surface area contributed by atoms with Crippen molar-refractivity contribution in [2.75, 3.05) is 53.4 Å². The van der Waals surface area contributed by atoms with Crippen LogP contribution in [0.3, 0.4) is 0 Å². The molecule has 0 bridgehead atoms. The first-order valence-corrected chi connectivity index (χ1v) is 8.58. The second-order valence-electron chi connectivity index (χ2n) is 6.43. The zero-order chi connectivity index (χ0) is 17.1. The third kappa shape index (κ3) is 8.59. The van der Waals surface area contributed by atoms with Gasteiger partial charge in [0.1, 0.15) is 6.54 Å². The number of nitrogens with one attached hydrogen (secondary N) is 2. The minimum absolute atomic E-state index is 0.00728. The Hall–Kier alpha value is -1.56. The Kier molecular flexibility index (Phi) is 9.36. The van der Waals surface area contributed by atoms with Gasteiger partial charge in [-0.2, -0.15) is 0 Å². The van der Waals surface area contributed by atoms with Crippen LogP contribution in [0.2, 0.25) is 0 Å². The van der Waals surface area contributed by atoms with Crippen LogP contribution in [0.1, 0.15) is 26.2 Å². The summed E-state index contributed by atoms with van der Waals surface area (Å²) in [5, 5.41) is 6.44. The lowest BCUT2D eigenvalue weighted by Crippen LogP contribution is -2.40. The molecule has 0 aliphatic carbocycles. The average Bonchev–Trinajstić information content (AvgIpc) is 2.54. The number of aliphatic imine (C=N–C) groups is 1. The zero-order valence-corrected chi connectivity index (χ0v) is 15.0. The first kappa shape index (κ1) is 19.5. The Morgan fingerprint density at radius 1 is 1.35 bits per heavy atom. The number of guanidine groups is 1. The van der Waals surface area contributed by atoms with E-state index in [9.17, 15) is 4.79 Å². The van der Waals surface area contributed by atoms with E-state index in [2.05, 4.69) is 34.0 Å². The van der Waals surface area contributed by atoms with Crippen molar-refractivity contribution in [2.24, 2.45) is 10.9 Å². The van der Waals surface area contributed by atoms with Crippen LogP contribution in [0.4, 0.5) is 0 Å². The van der Waals surface area contributed by atoms with Crippen LogP contribution < -0.4 is 10.6 Å². The summed E-state index contributed by atoms with van der Waals surface area (Å²) in [5.41, 5.74) is 0. The molecule has 0 aromatic heterocycles. The highest BCUT2D eigenvalue weighted by Gasteiger charge is 2.14. The van der Waals surface area contributed by atoms with Gasteiger partial charge in [-0.1, -0.05) is 13.0 Å². The van der Waals surface area contributed by atoms with Crippen molar-refractivity contribution in [3.05, 3.63) is 12.7 Å². The van der Waals surface area contributed by atoms with E-state index in [1.165, 1.54) is 25.9 Å². The van der Waals surface area contributed by atoms with Crippen molar-refractivity contribution in [2.45, 2.75) is 26.2 Å². The maximum absolute atomic E-state index is 11.6. The Balaban J connectivity index is 2.28. The van der Waals surface area contributed by atoms with Gasteiger partial charge in [-0.25, -0.2) is 4.99 Å². The number of amides is 1. The molecule has 1 heterocycles. The minimum atomic E-state index is -0.00728. The smallest absolute Gasteiger partial charge is 0.243 e. The second kappa shape index (κ2) is 11.0. The van der Waals surface area contributed by atoms with E-state index < -0.39 is 0 Å². The molecule has 6 heteroatoms. The van der Waals surface area contributed by atoms with Gasteiger partial charge < -0.3 is 20.4 Å². The molecule has 132 valence electrons. The van der Waals surface area contributed by atoms with Crippen molar-refractivity contribution >= 4 is 11.9 Å². The molecular weight excluding hydrogens is 290 g/mol. The van der Waals surface area contributed by atoms with Gasteiger partial charge in [-0.05, 0) is 44.8 Å². The van der Waals surface area contributed by atoms with Gasteiger partial charge in [0.25, 0.3) is 0 Å². The lowest BCUT2D eigenvalue weighted by molar-refractivity contribution is -0.127. The van der Waals surface area contributed by atoms with Crippen LogP contribution in [0.25, 0.3) is 0 Å². The Morgan fingerprint density at radius 3 is 2.65 bits per heavy atom. The van der Waals surface area contributed by atoms with Gasteiger partial charge in [-0.3, -0.25) is 4.79 Å². The molecule has 1 aliphatic rings. The normalized spacial score (nSPS) is 16.9. The first-order valence-electron chi connectivity index (χ1n) is 8.58. The number of likely N-dealkylation sites (tertiary alicyclic amines) is 1. The summed E-state index contributed by atoms with van der Waals surface area (Å²) in [5.74, 6) is 1.54. The molecule has 1 rings (SSSR count). The van der Waals surface area contributed by atoms with E-state index in [1.54, 1.807) is 25.1 Å². The van der Waals surface area contributed by atoms with E-state index in [1.807, 2.05) is 0 Å². The summed E-state index contributed by atoms with van der Waals surface area (Å²) in [6.07, 6.45) is 5.48. The average molecular weight is 323 g/mol. The second-order valence-corrected chi connectivity index (χ2v) is 6.43. The summed E-state index contributed by atoms with van der Waals surface area (Å²) in [7, 11) is 3.48. The standard InChI is InChI=1S/C17H33N5O/c1-5-9-18-17(20-14-16(23)21(3)4)19-10-6-11-22-12-7-15(2)8-13-22/h5,15H,1,6-14H2,2-4H3,(H2,18,19,20). The number of likely N-dealkylation sites (N-methyl/N-ethyl adjacent to an activating group) is 1. The fourth-order valence-corrected chi connectivity index (χ4v) is 2.43. The van der Waals surface area contributed by atoms with Crippen molar-refractivity contribution in [1.82, 2.24) is 20.4 Å². The highest BCUT2D eigenvalue weighted by atomic mass is 16.2. The molecule has 1 saturated heterocycles. The van der Waals surface area contributed by atoms with Crippen LogP contribution in [-0.2, 0) is 4.79 Å². The predicted octanol–water partition coefficient (Wildman–Crippen LogP) is 0.918. The van der Waals surface area contributed by atoms with Crippen molar-refractivity contribution in [3.8, 4) is 0 Å². The van der Waals surface area contributed by atoms with Crippen molar-refractivity contribution in [3.63, 3.8) is 0 Å². The molecule has 0 spiro atoms. The summed E-state index contributed by atoms with van der Waals surface area (Å²) in [6.45, 7) is 11.2. The molecule has 1 amide bonds. The van der Waals surface area contributed by atoms with E-state index in [-0.39, 0.29) is 12.5 Å². The Morgan fingerprint density at radius 2 is 2.04 bits per heavy atom. The quantitative estimate of drug-likeness (QED) is 0.302. The largest absolute Gasteiger partial charge is 0.356 e. The highest BCUT2D eigenvalue weighted by Crippen LogP contribution is 2.15. The summed E-state index contributed by atoms with van der Waals surface area (Å²) < 4.78 is 0. The molecule has 1 fully saturated rings. The maximum atomic E-state index is 11.6. The van der Waals surface area contributed by atoms with E-state index in [4.69, 9.17) is 0 Å². The molecule has 1 aliphatic heterocycles. The van der Waals surface area contributed by atoms with Crippen LogP contribution in [0, 0.1) is 5.92 Å². The molecular formula is C17H33N5O. The van der Waals surface area contributed by atoms with Crippen LogP contribution in [0.5, 0.6) is 0 Å². The first-order chi connectivity index (χ1) is 11.0. The van der Waals surface area contributed by atoms with Crippen molar-refractivity contribution in [1.29, 1.82) is 0 Å². The van der Waals surface area contributed by atoms with E-state index >= 15 is 0 Å². The van der Waals surface area contributed by atoms with Gasteiger partial charge in [0, 0.05) is 27.2 Å². The monoisotopic (exact) mass is 323 g/mol. The molecule has 0 aromatic carbocycles. The Bertz CT molecular complexity index is 386. The molecule has 6 nitrogen and oxygen atoms in total. The zero-order valence-electron chi connectivity index (χ0n) is 15.0. The minimum Gasteiger partial charge on any atom is -0.356 e. The summed E-state index contributed by atoms with van der Waals surface area (Å²) in [6, 6.07) is 0. The fraction of sp³-hybridized carbons (Fsp3) is 0.765. The third-order valence-corrected chi connectivity index (χ3v) is 4.10. The van der Waals surface area contributed by atoms with Gasteiger partial charge in [0.05, 0.1) is 0 Å². The van der Waals surface area contributed by atoms with Gasteiger partial charge >= 0.3 is 0 Å². The summed E-state index contributed by atoms with van der Waals surface area (Å²) >= 11 is 0. The molecule has 2 N–H and O–H groups in total. The summed E-state index contributed by atoms with van der Waals surface area (Å²) in [4.78, 5) is 20.0. The van der Waals surface area contributed by atoms with Crippen LogP contribution in [0.15, 0.2) is 17.6 Å². The van der Waals surface area contributed by atoms with E-state index in [0.29, 0.717) is 12.5 Å². The fourth-order valence-electron chi connectivity index (χ4n) is 2.43. The molecule has 0 atom stereocenters. The number of rotatable bonds is 8. The molecule has 0 radical (unpaired) electrons. The number of carbonyl (C=O) groups is 1. The lowest BCUT2D eigenvalue weighted by atomic mass is 9.99. The SMILES string of the molecule is C=CCNC(=NCC(=O)N(C)C)NCCCN1CCC(C)CC1. The van der Waals surface area contributed by atoms with E-state index in [0.717, 1.165) is 25.4 Å². The van der Waals surface area contributed by atoms with Crippen molar-refractivity contribution < 1.29 is 4.79 Å². The van der Waals surface area contributed by atoms with Gasteiger partial charge in [0.2, 0.25) is 5.91 Å². The molecule has 0 aromatic rings. The molecule has 23 heavy (non-hydrogen) atoms. The number of carbonyl (C=O) groups excluding carboxylic acids is 1. The van der Waals surface area contributed by atoms with Gasteiger partial charge in [-0.15, -0.1) is 6.58 Å². The Labute approximate surface area is 141 Å². The predicted molar refractivity (Wildman–Crippen MR) is 96.7 cm³/mol. The number of nitrogens with zero attached hydrogens (tertiary/aromatic N) is 3.